The number of fused-ring (bicyclic) bond motifs is 1. The molecule has 0 unspecified atom stereocenters. The number of aliphatic carboxylic acids is 1. The molecule has 0 fully saturated rings. The summed E-state index contributed by atoms with van der Waals surface area (Å²) < 4.78 is 0.865. The highest BCUT2D eigenvalue weighted by Crippen LogP contribution is 2.22. The first-order valence-corrected chi connectivity index (χ1v) is 6.17. The molecule has 0 saturated heterocycles. The number of nitrogens with zero attached hydrogens (tertiary/aromatic N) is 1. The van der Waals surface area contributed by atoms with Crippen LogP contribution < -0.4 is 0 Å². The van der Waals surface area contributed by atoms with Gasteiger partial charge in [-0.3, -0.25) is 9.59 Å². The van der Waals surface area contributed by atoms with Crippen LogP contribution in [0.4, 0.5) is 0 Å². The quantitative estimate of drug-likeness (QED) is 0.927. The lowest BCUT2D eigenvalue weighted by molar-refractivity contribution is -0.137. The topological polar surface area (TPSA) is 57.6 Å². The molecule has 1 aliphatic heterocycles. The molecule has 0 atom stereocenters. The summed E-state index contributed by atoms with van der Waals surface area (Å²) in [5.74, 6) is -0.952. The van der Waals surface area contributed by atoms with Crippen LogP contribution in [0, 0.1) is 0 Å². The van der Waals surface area contributed by atoms with Crippen molar-refractivity contribution in [3.05, 3.63) is 33.8 Å². The summed E-state index contributed by atoms with van der Waals surface area (Å²) in [4.78, 5) is 24.2. The van der Waals surface area contributed by atoms with Crippen molar-refractivity contribution < 1.29 is 14.7 Å². The Hall–Kier alpha value is -1.36. The van der Waals surface area contributed by atoms with E-state index in [2.05, 4.69) is 15.9 Å². The zero-order chi connectivity index (χ0) is 12.4. The number of benzene rings is 1. The van der Waals surface area contributed by atoms with E-state index in [1.807, 2.05) is 12.1 Å². The van der Waals surface area contributed by atoms with Gasteiger partial charge in [0.1, 0.15) is 0 Å². The van der Waals surface area contributed by atoms with Gasteiger partial charge >= 0.3 is 5.97 Å². The molecule has 2 rings (SSSR count). The van der Waals surface area contributed by atoms with Crippen LogP contribution in [0.2, 0.25) is 0 Å². The third kappa shape index (κ3) is 2.66. The Kier molecular flexibility index (Phi) is 3.47. The van der Waals surface area contributed by atoms with Gasteiger partial charge < -0.3 is 10.0 Å². The Labute approximate surface area is 107 Å². The highest BCUT2D eigenvalue weighted by atomic mass is 79.9. The van der Waals surface area contributed by atoms with Gasteiger partial charge in [-0.1, -0.05) is 22.0 Å². The summed E-state index contributed by atoms with van der Waals surface area (Å²) >= 11 is 3.34. The van der Waals surface area contributed by atoms with Gasteiger partial charge in [0.25, 0.3) is 5.91 Å². The van der Waals surface area contributed by atoms with Crippen LogP contribution in [-0.4, -0.2) is 35.0 Å². The number of carbonyl (C=O) groups excluding carboxylic acids is 1. The molecule has 4 nitrogen and oxygen atoms in total. The molecule has 0 saturated carbocycles. The second-order valence-corrected chi connectivity index (χ2v) is 4.90. The van der Waals surface area contributed by atoms with Crippen molar-refractivity contribution in [2.45, 2.75) is 12.8 Å². The molecule has 1 N–H and O–H groups in total. The van der Waals surface area contributed by atoms with Crippen LogP contribution in [0.15, 0.2) is 22.7 Å². The van der Waals surface area contributed by atoms with Gasteiger partial charge in [0.2, 0.25) is 0 Å². The molecule has 17 heavy (non-hydrogen) atoms. The average molecular weight is 298 g/mol. The molecular formula is C12H12BrNO3. The van der Waals surface area contributed by atoms with Gasteiger partial charge in [-0.2, -0.15) is 0 Å². The standard InChI is InChI=1S/C12H12BrNO3/c13-9-2-1-8-3-5-14(6-4-11(15)16)12(17)10(8)7-9/h1-2,7H,3-6H2,(H,15,16). The van der Waals surface area contributed by atoms with E-state index in [1.165, 1.54) is 0 Å². The minimum Gasteiger partial charge on any atom is -0.481 e. The molecule has 1 aromatic rings. The fourth-order valence-corrected chi connectivity index (χ4v) is 2.30. The minimum absolute atomic E-state index is 0.00488. The van der Waals surface area contributed by atoms with E-state index < -0.39 is 5.97 Å². The van der Waals surface area contributed by atoms with E-state index in [9.17, 15) is 9.59 Å². The van der Waals surface area contributed by atoms with Crippen molar-refractivity contribution in [1.29, 1.82) is 0 Å². The molecule has 1 aliphatic rings. The van der Waals surface area contributed by atoms with Gasteiger partial charge in [-0.15, -0.1) is 0 Å². The van der Waals surface area contributed by atoms with Gasteiger partial charge in [-0.25, -0.2) is 0 Å². The highest BCUT2D eigenvalue weighted by molar-refractivity contribution is 9.10. The van der Waals surface area contributed by atoms with Crippen molar-refractivity contribution in [3.63, 3.8) is 0 Å². The predicted molar refractivity (Wildman–Crippen MR) is 66.0 cm³/mol. The van der Waals surface area contributed by atoms with Crippen molar-refractivity contribution in [3.8, 4) is 0 Å². The number of hydrogen-bond acceptors (Lipinski definition) is 2. The summed E-state index contributed by atoms with van der Waals surface area (Å²) in [5.41, 5.74) is 1.71. The average Bonchev–Trinajstić information content (AvgIpc) is 2.29. The van der Waals surface area contributed by atoms with Crippen LogP contribution in [0.3, 0.4) is 0 Å². The SMILES string of the molecule is O=C(O)CCN1CCc2ccc(Br)cc2C1=O. The van der Waals surface area contributed by atoms with Crippen LogP contribution in [0.1, 0.15) is 22.3 Å². The second kappa shape index (κ2) is 4.87. The molecule has 1 amide bonds. The van der Waals surface area contributed by atoms with Crippen molar-refractivity contribution in [1.82, 2.24) is 4.90 Å². The van der Waals surface area contributed by atoms with Crippen molar-refractivity contribution >= 4 is 27.8 Å². The summed E-state index contributed by atoms with van der Waals surface area (Å²) in [6.45, 7) is 0.876. The lowest BCUT2D eigenvalue weighted by Crippen LogP contribution is -2.38. The third-order valence-corrected chi connectivity index (χ3v) is 3.33. The molecule has 0 aliphatic carbocycles. The lowest BCUT2D eigenvalue weighted by atomic mass is 9.99. The van der Waals surface area contributed by atoms with E-state index in [-0.39, 0.29) is 18.9 Å². The molecule has 1 heterocycles. The second-order valence-electron chi connectivity index (χ2n) is 3.99. The highest BCUT2D eigenvalue weighted by Gasteiger charge is 2.24. The summed E-state index contributed by atoms with van der Waals surface area (Å²) in [6.07, 6.45) is 0.781. The Morgan fingerprint density at radius 1 is 1.47 bits per heavy atom. The maximum Gasteiger partial charge on any atom is 0.305 e. The van der Waals surface area contributed by atoms with E-state index >= 15 is 0 Å². The summed E-state index contributed by atoms with van der Waals surface area (Å²) in [6, 6.07) is 5.65. The van der Waals surface area contributed by atoms with Gasteiger partial charge in [0.15, 0.2) is 0 Å². The third-order valence-electron chi connectivity index (χ3n) is 2.84. The molecule has 0 bridgehead atoms. The molecule has 0 radical (unpaired) electrons. The Bertz CT molecular complexity index is 473. The van der Waals surface area contributed by atoms with Crippen molar-refractivity contribution in [2.24, 2.45) is 0 Å². The van der Waals surface area contributed by atoms with E-state index in [0.29, 0.717) is 12.1 Å². The first-order valence-electron chi connectivity index (χ1n) is 5.37. The Morgan fingerprint density at radius 2 is 2.24 bits per heavy atom. The van der Waals surface area contributed by atoms with Crippen LogP contribution in [0.25, 0.3) is 0 Å². The van der Waals surface area contributed by atoms with E-state index in [0.717, 1.165) is 16.5 Å². The smallest absolute Gasteiger partial charge is 0.305 e. The molecular weight excluding hydrogens is 286 g/mol. The monoisotopic (exact) mass is 297 g/mol. The number of carboxylic acids is 1. The van der Waals surface area contributed by atoms with Gasteiger partial charge in [0, 0.05) is 23.1 Å². The van der Waals surface area contributed by atoms with E-state index in [1.54, 1.807) is 11.0 Å². The van der Waals surface area contributed by atoms with E-state index in [4.69, 9.17) is 5.11 Å². The zero-order valence-corrected chi connectivity index (χ0v) is 10.7. The van der Waals surface area contributed by atoms with Crippen LogP contribution in [-0.2, 0) is 11.2 Å². The Balaban J connectivity index is 2.17. The molecule has 0 spiro atoms. The van der Waals surface area contributed by atoms with Crippen LogP contribution >= 0.6 is 15.9 Å². The maximum absolute atomic E-state index is 12.1. The largest absolute Gasteiger partial charge is 0.481 e. The van der Waals surface area contributed by atoms with Gasteiger partial charge in [0.05, 0.1) is 6.42 Å². The Morgan fingerprint density at radius 3 is 2.94 bits per heavy atom. The number of amides is 1. The normalized spacial score (nSPS) is 14.6. The predicted octanol–water partition coefficient (Wildman–Crippen LogP) is 1.92. The maximum atomic E-state index is 12.1. The number of carbonyl (C=O) groups is 2. The number of hydrogen-bond donors (Lipinski definition) is 1. The van der Waals surface area contributed by atoms with Crippen molar-refractivity contribution in [2.75, 3.05) is 13.1 Å². The summed E-state index contributed by atoms with van der Waals surface area (Å²) in [5, 5.41) is 8.62. The fourth-order valence-electron chi connectivity index (χ4n) is 1.94. The fraction of sp³-hybridized carbons (Fsp3) is 0.333. The molecule has 5 heteroatoms. The number of halogens is 1. The first kappa shape index (κ1) is 12.1. The summed E-state index contributed by atoms with van der Waals surface area (Å²) in [7, 11) is 0. The lowest BCUT2D eigenvalue weighted by Gasteiger charge is -2.28. The molecule has 90 valence electrons. The first-order chi connectivity index (χ1) is 8.08. The minimum atomic E-state index is -0.877. The zero-order valence-electron chi connectivity index (χ0n) is 9.15. The molecule has 1 aromatic carbocycles. The van der Waals surface area contributed by atoms with Gasteiger partial charge in [-0.05, 0) is 24.1 Å². The number of rotatable bonds is 3. The van der Waals surface area contributed by atoms with Crippen LogP contribution in [0.5, 0.6) is 0 Å². The number of carboxylic acid groups (broad SMARTS) is 1. The molecule has 0 aromatic heterocycles.